The van der Waals surface area contributed by atoms with Crippen molar-refractivity contribution in [1.82, 2.24) is 4.90 Å². The van der Waals surface area contributed by atoms with Gasteiger partial charge in [0.15, 0.2) is 0 Å². The van der Waals surface area contributed by atoms with Crippen LogP contribution in [0.4, 0.5) is 5.69 Å². The maximum Gasteiger partial charge on any atom is 0.238 e. The summed E-state index contributed by atoms with van der Waals surface area (Å²) in [6, 6.07) is 8.62. The van der Waals surface area contributed by atoms with E-state index in [0.717, 1.165) is 12.1 Å². The molecule has 1 N–H and O–H groups in total. The minimum absolute atomic E-state index is 0.0963. The number of carbonyl (C=O) groups is 1. The Bertz CT molecular complexity index is 438. The molecule has 2 rings (SSSR count). The average molecular weight is 274 g/mol. The number of hydrogen-bond acceptors (Lipinski definition) is 2. The lowest BCUT2D eigenvalue weighted by Gasteiger charge is -2.30. The second-order valence-corrected chi connectivity index (χ2v) is 5.77. The van der Waals surface area contributed by atoms with Gasteiger partial charge in [-0.25, -0.2) is 0 Å². The van der Waals surface area contributed by atoms with Gasteiger partial charge in [0.1, 0.15) is 0 Å². The zero-order valence-corrected chi connectivity index (χ0v) is 12.7. The molecule has 0 spiro atoms. The standard InChI is InChI=1S/C17H26N2O/c1-3-14-9-7-8-12-16(14)18-17(20)13-19(2)15-10-5-4-6-11-15/h7-9,12,15H,3-6,10-11,13H2,1-2H3,(H,18,20). The zero-order chi connectivity index (χ0) is 14.4. The number of amides is 1. The van der Waals surface area contributed by atoms with Crippen molar-refractivity contribution in [2.24, 2.45) is 0 Å². The summed E-state index contributed by atoms with van der Waals surface area (Å²) < 4.78 is 0. The molecule has 110 valence electrons. The summed E-state index contributed by atoms with van der Waals surface area (Å²) in [5.41, 5.74) is 2.15. The minimum atomic E-state index is 0.0963. The summed E-state index contributed by atoms with van der Waals surface area (Å²) in [7, 11) is 2.07. The first-order valence-corrected chi connectivity index (χ1v) is 7.78. The van der Waals surface area contributed by atoms with Crippen LogP contribution < -0.4 is 5.32 Å². The number of hydrogen-bond donors (Lipinski definition) is 1. The summed E-state index contributed by atoms with van der Waals surface area (Å²) in [6.45, 7) is 2.60. The molecule has 1 aromatic carbocycles. The van der Waals surface area contributed by atoms with Crippen molar-refractivity contribution in [3.63, 3.8) is 0 Å². The molecule has 0 heterocycles. The van der Waals surface area contributed by atoms with Crippen LogP contribution in [0.5, 0.6) is 0 Å². The molecule has 1 fully saturated rings. The number of anilines is 1. The molecule has 1 saturated carbocycles. The molecular weight excluding hydrogens is 248 g/mol. The van der Waals surface area contributed by atoms with Crippen LogP contribution in [0.25, 0.3) is 0 Å². The monoisotopic (exact) mass is 274 g/mol. The van der Waals surface area contributed by atoms with Gasteiger partial charge in [-0.3, -0.25) is 9.69 Å². The lowest BCUT2D eigenvalue weighted by atomic mass is 9.94. The lowest BCUT2D eigenvalue weighted by molar-refractivity contribution is -0.117. The Hall–Kier alpha value is -1.35. The third-order valence-electron chi connectivity index (χ3n) is 4.26. The Labute approximate surface area is 122 Å². The van der Waals surface area contributed by atoms with E-state index in [1.165, 1.54) is 37.7 Å². The average Bonchev–Trinajstić information content (AvgIpc) is 2.48. The molecule has 1 aromatic rings. The fourth-order valence-corrected chi connectivity index (χ4v) is 3.02. The Balaban J connectivity index is 1.88. The molecule has 0 bridgehead atoms. The van der Waals surface area contributed by atoms with Crippen LogP contribution in [0.2, 0.25) is 0 Å². The molecule has 0 unspecified atom stereocenters. The van der Waals surface area contributed by atoms with Crippen molar-refractivity contribution in [2.45, 2.75) is 51.5 Å². The highest BCUT2D eigenvalue weighted by Gasteiger charge is 2.19. The van der Waals surface area contributed by atoms with Crippen molar-refractivity contribution in [2.75, 3.05) is 18.9 Å². The van der Waals surface area contributed by atoms with Gasteiger partial charge in [-0.15, -0.1) is 0 Å². The Morgan fingerprint density at radius 1 is 1.25 bits per heavy atom. The normalized spacial score (nSPS) is 16.4. The van der Waals surface area contributed by atoms with E-state index in [1.807, 2.05) is 18.2 Å². The van der Waals surface area contributed by atoms with Crippen molar-refractivity contribution in [1.29, 1.82) is 0 Å². The first kappa shape index (κ1) is 15.0. The van der Waals surface area contributed by atoms with E-state index in [9.17, 15) is 4.79 Å². The van der Waals surface area contributed by atoms with Gasteiger partial charge >= 0.3 is 0 Å². The van der Waals surface area contributed by atoms with Crippen LogP contribution in [0.1, 0.15) is 44.6 Å². The van der Waals surface area contributed by atoms with Crippen molar-refractivity contribution in [3.8, 4) is 0 Å². The van der Waals surface area contributed by atoms with Gasteiger partial charge in [0.2, 0.25) is 5.91 Å². The summed E-state index contributed by atoms with van der Waals surface area (Å²) in [5, 5.41) is 3.05. The number of carbonyl (C=O) groups excluding carboxylic acids is 1. The van der Waals surface area contributed by atoms with E-state index >= 15 is 0 Å². The fraction of sp³-hybridized carbons (Fsp3) is 0.588. The smallest absolute Gasteiger partial charge is 0.238 e. The van der Waals surface area contributed by atoms with E-state index in [0.29, 0.717) is 12.6 Å². The van der Waals surface area contributed by atoms with Gasteiger partial charge in [0.25, 0.3) is 0 Å². The molecule has 0 atom stereocenters. The van der Waals surface area contributed by atoms with E-state index in [4.69, 9.17) is 0 Å². The first-order valence-electron chi connectivity index (χ1n) is 7.78. The summed E-state index contributed by atoms with van der Waals surface area (Å²) in [5.74, 6) is 0.0963. The van der Waals surface area contributed by atoms with Crippen LogP contribution in [0, 0.1) is 0 Å². The quantitative estimate of drug-likeness (QED) is 0.892. The van der Waals surface area contributed by atoms with Crippen molar-refractivity contribution >= 4 is 11.6 Å². The predicted molar refractivity (Wildman–Crippen MR) is 84.0 cm³/mol. The molecule has 0 aromatic heterocycles. The molecule has 3 nitrogen and oxygen atoms in total. The highest BCUT2D eigenvalue weighted by atomic mass is 16.2. The van der Waals surface area contributed by atoms with Gasteiger partial charge in [-0.2, -0.15) is 0 Å². The first-order chi connectivity index (χ1) is 9.70. The maximum atomic E-state index is 12.2. The minimum Gasteiger partial charge on any atom is -0.325 e. The molecule has 20 heavy (non-hydrogen) atoms. The number of rotatable bonds is 5. The van der Waals surface area contributed by atoms with Gasteiger partial charge < -0.3 is 5.32 Å². The third-order valence-corrected chi connectivity index (χ3v) is 4.26. The molecule has 0 radical (unpaired) electrons. The second-order valence-electron chi connectivity index (χ2n) is 5.77. The molecule has 3 heteroatoms. The molecule has 1 amide bonds. The maximum absolute atomic E-state index is 12.2. The van der Waals surface area contributed by atoms with Crippen LogP contribution >= 0.6 is 0 Å². The molecule has 0 saturated heterocycles. The van der Waals surface area contributed by atoms with E-state index < -0.39 is 0 Å². The third kappa shape index (κ3) is 4.07. The van der Waals surface area contributed by atoms with Crippen LogP contribution in [-0.4, -0.2) is 30.4 Å². The van der Waals surface area contributed by atoms with Crippen LogP contribution in [0.3, 0.4) is 0 Å². The highest BCUT2D eigenvalue weighted by molar-refractivity contribution is 5.93. The second kappa shape index (κ2) is 7.44. The van der Waals surface area contributed by atoms with Gasteiger partial charge in [0, 0.05) is 11.7 Å². The molecule has 1 aliphatic rings. The van der Waals surface area contributed by atoms with Crippen molar-refractivity contribution in [3.05, 3.63) is 29.8 Å². The molecule has 1 aliphatic carbocycles. The van der Waals surface area contributed by atoms with E-state index in [1.54, 1.807) is 0 Å². The molecular formula is C17H26N2O. The highest BCUT2D eigenvalue weighted by Crippen LogP contribution is 2.21. The number of para-hydroxylation sites is 1. The zero-order valence-electron chi connectivity index (χ0n) is 12.7. The van der Waals surface area contributed by atoms with Gasteiger partial charge in [0.05, 0.1) is 6.54 Å². The summed E-state index contributed by atoms with van der Waals surface area (Å²) in [4.78, 5) is 14.4. The number of likely N-dealkylation sites (N-methyl/N-ethyl adjacent to an activating group) is 1. The fourth-order valence-electron chi connectivity index (χ4n) is 3.02. The Kier molecular flexibility index (Phi) is 5.60. The van der Waals surface area contributed by atoms with E-state index in [-0.39, 0.29) is 5.91 Å². The van der Waals surface area contributed by atoms with Crippen molar-refractivity contribution < 1.29 is 4.79 Å². The van der Waals surface area contributed by atoms with E-state index in [2.05, 4.69) is 30.3 Å². The van der Waals surface area contributed by atoms with Gasteiger partial charge in [-0.1, -0.05) is 44.4 Å². The number of nitrogens with zero attached hydrogens (tertiary/aromatic N) is 1. The summed E-state index contributed by atoms with van der Waals surface area (Å²) >= 11 is 0. The largest absolute Gasteiger partial charge is 0.325 e. The molecule has 0 aliphatic heterocycles. The number of nitrogens with one attached hydrogen (secondary N) is 1. The van der Waals surface area contributed by atoms with Crippen LogP contribution in [0.15, 0.2) is 24.3 Å². The predicted octanol–water partition coefficient (Wildman–Crippen LogP) is 3.45. The lowest BCUT2D eigenvalue weighted by Crippen LogP contribution is -2.39. The Morgan fingerprint density at radius 2 is 1.95 bits per heavy atom. The summed E-state index contributed by atoms with van der Waals surface area (Å²) in [6.07, 6.45) is 7.35. The number of benzene rings is 1. The topological polar surface area (TPSA) is 32.3 Å². The number of aryl methyl sites for hydroxylation is 1. The van der Waals surface area contributed by atoms with Crippen LogP contribution in [-0.2, 0) is 11.2 Å². The Morgan fingerprint density at radius 3 is 2.65 bits per heavy atom. The SMILES string of the molecule is CCc1ccccc1NC(=O)CN(C)C1CCCCC1. The van der Waals surface area contributed by atoms with Gasteiger partial charge in [-0.05, 0) is 37.9 Å².